The Labute approximate surface area is 107 Å². The molecule has 0 atom stereocenters. The molecule has 0 spiro atoms. The zero-order chi connectivity index (χ0) is 12.3. The predicted molar refractivity (Wildman–Crippen MR) is 72.6 cm³/mol. The number of carbonyl (C=O) groups is 2. The standard InChI is InChI=1S/C15H8O2S/c16-12-7-13(17)10-6-15-11(5-9(10)12)8-3-1-2-4-14(8)18-15/h1-6H,7H2. The van der Waals surface area contributed by atoms with Gasteiger partial charge in [-0.15, -0.1) is 11.3 Å². The average Bonchev–Trinajstić information content (AvgIpc) is 2.86. The summed E-state index contributed by atoms with van der Waals surface area (Å²) in [5, 5.41) is 2.24. The van der Waals surface area contributed by atoms with E-state index < -0.39 is 0 Å². The number of benzene rings is 2. The molecule has 0 aliphatic heterocycles. The summed E-state index contributed by atoms with van der Waals surface area (Å²) in [5.41, 5.74) is 1.19. The molecule has 3 aromatic rings. The molecule has 1 aromatic heterocycles. The highest BCUT2D eigenvalue weighted by molar-refractivity contribution is 7.25. The van der Waals surface area contributed by atoms with Gasteiger partial charge in [0.25, 0.3) is 0 Å². The molecule has 1 aliphatic carbocycles. The average molecular weight is 252 g/mol. The van der Waals surface area contributed by atoms with Crippen LogP contribution in [0.3, 0.4) is 0 Å². The molecule has 0 saturated carbocycles. The van der Waals surface area contributed by atoms with E-state index in [1.54, 1.807) is 11.3 Å². The normalized spacial score (nSPS) is 14.7. The van der Waals surface area contributed by atoms with E-state index in [4.69, 9.17) is 0 Å². The number of thiophene rings is 1. The van der Waals surface area contributed by atoms with Gasteiger partial charge in [-0.1, -0.05) is 18.2 Å². The summed E-state index contributed by atoms with van der Waals surface area (Å²) in [7, 11) is 0. The SMILES string of the molecule is O=C1CC(=O)c2cc3c(cc21)sc1ccccc13. The Hall–Kier alpha value is -2.00. The molecular weight excluding hydrogens is 244 g/mol. The largest absolute Gasteiger partial charge is 0.294 e. The molecule has 2 nitrogen and oxygen atoms in total. The minimum atomic E-state index is -0.0489. The third-order valence-electron chi connectivity index (χ3n) is 3.44. The van der Waals surface area contributed by atoms with Crippen molar-refractivity contribution in [2.45, 2.75) is 6.42 Å². The molecule has 1 aliphatic rings. The Kier molecular flexibility index (Phi) is 1.81. The first-order chi connectivity index (χ1) is 8.74. The number of ketones is 2. The van der Waals surface area contributed by atoms with Crippen molar-refractivity contribution >= 4 is 43.1 Å². The van der Waals surface area contributed by atoms with Crippen LogP contribution in [0.15, 0.2) is 36.4 Å². The lowest BCUT2D eigenvalue weighted by Gasteiger charge is -1.97. The number of rotatable bonds is 0. The van der Waals surface area contributed by atoms with Crippen molar-refractivity contribution < 1.29 is 9.59 Å². The Morgan fingerprint density at radius 2 is 1.56 bits per heavy atom. The van der Waals surface area contributed by atoms with Crippen molar-refractivity contribution in [2.75, 3.05) is 0 Å². The molecule has 3 heteroatoms. The van der Waals surface area contributed by atoms with E-state index in [1.165, 1.54) is 4.70 Å². The number of hydrogen-bond acceptors (Lipinski definition) is 3. The van der Waals surface area contributed by atoms with Gasteiger partial charge in [0.1, 0.15) is 0 Å². The maximum absolute atomic E-state index is 11.8. The topological polar surface area (TPSA) is 34.1 Å². The monoisotopic (exact) mass is 252 g/mol. The highest BCUT2D eigenvalue weighted by atomic mass is 32.1. The second-order valence-electron chi connectivity index (χ2n) is 4.52. The van der Waals surface area contributed by atoms with Gasteiger partial charge in [-0.3, -0.25) is 9.59 Å². The minimum absolute atomic E-state index is 0.0323. The maximum atomic E-state index is 11.8. The van der Waals surface area contributed by atoms with Gasteiger partial charge in [0.2, 0.25) is 0 Å². The molecule has 18 heavy (non-hydrogen) atoms. The van der Waals surface area contributed by atoms with Crippen molar-refractivity contribution in [3.63, 3.8) is 0 Å². The molecule has 86 valence electrons. The van der Waals surface area contributed by atoms with Gasteiger partial charge in [0, 0.05) is 31.3 Å². The first-order valence-corrected chi connectivity index (χ1v) is 6.57. The van der Waals surface area contributed by atoms with Gasteiger partial charge >= 0.3 is 0 Å². The van der Waals surface area contributed by atoms with E-state index in [2.05, 4.69) is 12.1 Å². The van der Waals surface area contributed by atoms with Crippen LogP contribution < -0.4 is 0 Å². The number of carbonyl (C=O) groups excluding carboxylic acids is 2. The van der Waals surface area contributed by atoms with Crippen LogP contribution in [0.1, 0.15) is 27.1 Å². The van der Waals surface area contributed by atoms with E-state index >= 15 is 0 Å². The van der Waals surface area contributed by atoms with Gasteiger partial charge < -0.3 is 0 Å². The second-order valence-corrected chi connectivity index (χ2v) is 5.60. The summed E-state index contributed by atoms with van der Waals surface area (Å²) < 4.78 is 2.27. The molecular formula is C15H8O2S. The Bertz CT molecular complexity index is 842. The zero-order valence-electron chi connectivity index (χ0n) is 9.40. The fraction of sp³-hybridized carbons (Fsp3) is 0.0667. The summed E-state index contributed by atoms with van der Waals surface area (Å²) in [4.78, 5) is 23.5. The van der Waals surface area contributed by atoms with Gasteiger partial charge in [0.05, 0.1) is 6.42 Å². The van der Waals surface area contributed by atoms with Crippen molar-refractivity contribution in [3.05, 3.63) is 47.5 Å². The lowest BCUT2D eigenvalue weighted by Crippen LogP contribution is -1.90. The summed E-state index contributed by atoms with van der Waals surface area (Å²) in [6, 6.07) is 11.9. The maximum Gasteiger partial charge on any atom is 0.171 e. The molecule has 0 N–H and O–H groups in total. The molecule has 0 amide bonds. The van der Waals surface area contributed by atoms with Crippen LogP contribution in [0.25, 0.3) is 20.2 Å². The summed E-state index contributed by atoms with van der Waals surface area (Å²) in [6.07, 6.45) is 0.0323. The van der Waals surface area contributed by atoms with Crippen LogP contribution in [0.2, 0.25) is 0 Å². The van der Waals surface area contributed by atoms with Gasteiger partial charge in [-0.25, -0.2) is 0 Å². The highest BCUT2D eigenvalue weighted by Gasteiger charge is 2.28. The van der Waals surface area contributed by atoms with Crippen molar-refractivity contribution in [3.8, 4) is 0 Å². The lowest BCUT2D eigenvalue weighted by molar-refractivity contribution is 0.0923. The van der Waals surface area contributed by atoms with Crippen molar-refractivity contribution in [2.24, 2.45) is 0 Å². The van der Waals surface area contributed by atoms with Crippen LogP contribution in [0.4, 0.5) is 0 Å². The smallest absolute Gasteiger partial charge is 0.171 e. The van der Waals surface area contributed by atoms with E-state index in [1.807, 2.05) is 24.3 Å². The Morgan fingerprint density at radius 3 is 2.39 bits per heavy atom. The third-order valence-corrected chi connectivity index (χ3v) is 4.57. The first kappa shape index (κ1) is 9.97. The van der Waals surface area contributed by atoms with Crippen molar-refractivity contribution in [1.29, 1.82) is 0 Å². The fourth-order valence-corrected chi connectivity index (χ4v) is 3.70. The molecule has 4 rings (SSSR count). The fourth-order valence-electron chi connectivity index (χ4n) is 2.57. The second kappa shape index (κ2) is 3.27. The Morgan fingerprint density at radius 1 is 0.833 bits per heavy atom. The Balaban J connectivity index is 2.19. The summed E-state index contributed by atoms with van der Waals surface area (Å²) in [6.45, 7) is 0. The molecule has 0 fully saturated rings. The zero-order valence-corrected chi connectivity index (χ0v) is 10.2. The number of fused-ring (bicyclic) bond motifs is 4. The third kappa shape index (κ3) is 1.17. The molecule has 0 radical (unpaired) electrons. The van der Waals surface area contributed by atoms with Crippen LogP contribution in [-0.4, -0.2) is 11.6 Å². The van der Waals surface area contributed by atoms with Gasteiger partial charge in [-0.2, -0.15) is 0 Å². The molecule has 0 bridgehead atoms. The highest BCUT2D eigenvalue weighted by Crippen LogP contribution is 2.37. The van der Waals surface area contributed by atoms with Crippen LogP contribution >= 0.6 is 11.3 Å². The van der Waals surface area contributed by atoms with Gasteiger partial charge in [0.15, 0.2) is 11.6 Å². The van der Waals surface area contributed by atoms with E-state index in [-0.39, 0.29) is 18.0 Å². The van der Waals surface area contributed by atoms with Crippen LogP contribution in [0, 0.1) is 0 Å². The minimum Gasteiger partial charge on any atom is -0.294 e. The lowest BCUT2D eigenvalue weighted by atomic mass is 10.1. The predicted octanol–water partition coefficient (Wildman–Crippen LogP) is 3.82. The molecule has 0 unspecified atom stereocenters. The van der Waals surface area contributed by atoms with Gasteiger partial charge in [-0.05, 0) is 18.2 Å². The van der Waals surface area contributed by atoms with Crippen LogP contribution in [-0.2, 0) is 0 Å². The summed E-state index contributed by atoms with van der Waals surface area (Å²) >= 11 is 1.67. The molecule has 1 heterocycles. The van der Waals surface area contributed by atoms with Crippen LogP contribution in [0.5, 0.6) is 0 Å². The summed E-state index contributed by atoms with van der Waals surface area (Å²) in [5.74, 6) is -0.0958. The van der Waals surface area contributed by atoms with E-state index in [0.29, 0.717) is 11.1 Å². The molecule has 2 aromatic carbocycles. The number of Topliss-reactive ketones (excluding diaryl/α,β-unsaturated/α-hetero) is 2. The molecule has 0 saturated heterocycles. The van der Waals surface area contributed by atoms with E-state index in [0.717, 1.165) is 15.5 Å². The first-order valence-electron chi connectivity index (χ1n) is 5.76. The number of hydrogen-bond donors (Lipinski definition) is 0. The quantitative estimate of drug-likeness (QED) is 0.570. The van der Waals surface area contributed by atoms with Crippen molar-refractivity contribution in [1.82, 2.24) is 0 Å². The van der Waals surface area contributed by atoms with E-state index in [9.17, 15) is 9.59 Å².